The Kier molecular flexibility index (Phi) is 8.50. The summed E-state index contributed by atoms with van der Waals surface area (Å²) in [5.41, 5.74) is 2.68. The molecule has 1 unspecified atom stereocenters. The van der Waals surface area contributed by atoms with Gasteiger partial charge in [-0.2, -0.15) is 0 Å². The molecule has 2 aromatic rings. The van der Waals surface area contributed by atoms with E-state index in [2.05, 4.69) is 9.62 Å². The predicted octanol–water partition coefficient (Wildman–Crippen LogP) is 5.49. The fourth-order valence-electron chi connectivity index (χ4n) is 6.11. The number of sulfonamides is 1. The van der Waals surface area contributed by atoms with Crippen LogP contribution in [-0.4, -0.2) is 44.4 Å². The summed E-state index contributed by atoms with van der Waals surface area (Å²) in [7, 11) is -3.89. The molecule has 0 saturated heterocycles. The monoisotopic (exact) mass is 586 g/mol. The molecule has 5 rings (SSSR count). The number of carbonyl (C=O) groups is 1. The lowest BCUT2D eigenvalue weighted by Crippen LogP contribution is -2.43. The zero-order valence-electron chi connectivity index (χ0n) is 23.2. The Morgan fingerprint density at radius 3 is 2.70 bits per heavy atom. The zero-order valence-corrected chi connectivity index (χ0v) is 24.8. The quantitative estimate of drug-likeness (QED) is 0.396. The number of hydrogen-bond donors (Lipinski definition) is 2. The van der Waals surface area contributed by atoms with Crippen molar-refractivity contribution in [3.05, 3.63) is 70.3 Å². The molecule has 3 aliphatic rings. The first-order valence-corrected chi connectivity index (χ1v) is 16.2. The minimum Gasteiger partial charge on any atom is -0.487 e. The molecule has 1 aliphatic carbocycles. The van der Waals surface area contributed by atoms with Gasteiger partial charge in [0.1, 0.15) is 12.4 Å². The molecule has 9 heteroatoms. The van der Waals surface area contributed by atoms with Gasteiger partial charge in [-0.05, 0) is 97.2 Å². The van der Waals surface area contributed by atoms with Gasteiger partial charge in [0.2, 0.25) is 10.0 Å². The van der Waals surface area contributed by atoms with E-state index in [9.17, 15) is 18.3 Å². The van der Waals surface area contributed by atoms with Crippen molar-refractivity contribution in [3.63, 3.8) is 0 Å². The third kappa shape index (κ3) is 6.84. The summed E-state index contributed by atoms with van der Waals surface area (Å²) in [6, 6.07) is 11.0. The molecule has 1 fully saturated rings. The Hall–Kier alpha value is -2.55. The summed E-state index contributed by atoms with van der Waals surface area (Å²) < 4.78 is 34.6. The number of carbonyl (C=O) groups excluding carboxylic acids is 1. The van der Waals surface area contributed by atoms with Crippen LogP contribution in [0.2, 0.25) is 5.02 Å². The van der Waals surface area contributed by atoms with E-state index in [0.29, 0.717) is 29.7 Å². The summed E-state index contributed by atoms with van der Waals surface area (Å²) in [4.78, 5) is 15.5. The first-order chi connectivity index (χ1) is 19.0. The largest absolute Gasteiger partial charge is 0.487 e. The summed E-state index contributed by atoms with van der Waals surface area (Å²) in [5.74, 6) is 0.221. The fraction of sp³-hybridized carbons (Fsp3) is 0.516. The molecule has 7 nitrogen and oxygen atoms in total. The van der Waals surface area contributed by atoms with Crippen LogP contribution in [-0.2, 0) is 23.1 Å². The number of hydrogen-bond acceptors (Lipinski definition) is 6. The molecular weight excluding hydrogens is 548 g/mol. The highest BCUT2D eigenvalue weighted by atomic mass is 35.5. The topological polar surface area (TPSA) is 95.9 Å². The van der Waals surface area contributed by atoms with Crippen molar-refractivity contribution in [1.82, 2.24) is 4.72 Å². The van der Waals surface area contributed by atoms with Crippen molar-refractivity contribution in [1.29, 1.82) is 0 Å². The number of amides is 1. The normalized spacial score (nSPS) is 27.4. The number of nitrogens with zero attached hydrogens (tertiary/aromatic N) is 1. The van der Waals surface area contributed by atoms with E-state index >= 15 is 0 Å². The van der Waals surface area contributed by atoms with Crippen LogP contribution in [0.5, 0.6) is 5.75 Å². The third-order valence-electron chi connectivity index (χ3n) is 8.44. The van der Waals surface area contributed by atoms with Gasteiger partial charge in [0.25, 0.3) is 5.91 Å². The van der Waals surface area contributed by atoms with Gasteiger partial charge < -0.3 is 14.7 Å². The number of halogens is 1. The fourth-order valence-corrected chi connectivity index (χ4v) is 7.93. The number of ether oxygens (including phenoxy) is 1. The average molecular weight is 587 g/mol. The summed E-state index contributed by atoms with van der Waals surface area (Å²) >= 11 is 6.29. The number of aliphatic hydroxyl groups is 1. The molecular formula is C31H39ClN2O5S. The standard InChI is InChI=1S/C31H39ClN2O5S/c1-31(2)14-5-7-28(35)26-12-9-23(26)18-34-15-4-3-6-21-16-25(32)11-8-24(21)19-39-29-13-10-22(17-27(29)34)30(36)33-40(37,38)20-31/h5,7-8,10-11,13,16-17,23,26,28,35H,3-4,6,9,12,14-15,18-20H2,1-2H3,(H,33,36)/b7-5+/t23-,26+,28?/m0/s1. The summed E-state index contributed by atoms with van der Waals surface area (Å²) in [6.45, 7) is 5.53. The second kappa shape index (κ2) is 11.7. The van der Waals surface area contributed by atoms with Crippen molar-refractivity contribution in [2.24, 2.45) is 17.3 Å². The molecule has 0 aromatic heterocycles. The SMILES string of the molecule is CC1(C)C/C=C/C(O)[C@@H]2CC[C@H]2CN2CCCCc3cc(Cl)ccc3COc3ccc(cc32)C(=O)NS(=O)(=O)C1. The highest BCUT2D eigenvalue weighted by Crippen LogP contribution is 2.41. The van der Waals surface area contributed by atoms with Crippen LogP contribution in [0.3, 0.4) is 0 Å². The Balaban J connectivity index is 1.53. The van der Waals surface area contributed by atoms with Gasteiger partial charge in [0.05, 0.1) is 17.5 Å². The minimum atomic E-state index is -3.89. The van der Waals surface area contributed by atoms with Gasteiger partial charge in [-0.1, -0.05) is 43.7 Å². The van der Waals surface area contributed by atoms with Gasteiger partial charge in [-0.15, -0.1) is 0 Å². The van der Waals surface area contributed by atoms with Gasteiger partial charge >= 0.3 is 0 Å². The number of fused-ring (bicyclic) bond motifs is 3. The molecule has 2 aromatic carbocycles. The highest BCUT2D eigenvalue weighted by molar-refractivity contribution is 7.90. The molecule has 2 bridgehead atoms. The maximum atomic E-state index is 13.2. The molecule has 0 radical (unpaired) electrons. The smallest absolute Gasteiger partial charge is 0.264 e. The molecule has 40 heavy (non-hydrogen) atoms. The van der Waals surface area contributed by atoms with Gasteiger partial charge in [-0.25, -0.2) is 13.1 Å². The number of aliphatic hydroxyl groups excluding tert-OH is 1. The molecule has 216 valence electrons. The van der Waals surface area contributed by atoms with Crippen molar-refractivity contribution in [2.45, 2.75) is 65.1 Å². The van der Waals surface area contributed by atoms with E-state index in [1.165, 1.54) is 5.56 Å². The lowest BCUT2D eigenvalue weighted by molar-refractivity contribution is 0.0460. The van der Waals surface area contributed by atoms with Crippen molar-refractivity contribution < 1.29 is 23.1 Å². The zero-order chi connectivity index (χ0) is 28.5. The average Bonchev–Trinajstić information content (AvgIpc) is 2.88. The van der Waals surface area contributed by atoms with Crippen LogP contribution >= 0.6 is 11.6 Å². The van der Waals surface area contributed by atoms with Crippen LogP contribution in [0.4, 0.5) is 5.69 Å². The van der Waals surface area contributed by atoms with Crippen LogP contribution in [0, 0.1) is 17.3 Å². The van der Waals surface area contributed by atoms with E-state index in [1.807, 2.05) is 44.2 Å². The van der Waals surface area contributed by atoms with Gasteiger partial charge in [0.15, 0.2) is 0 Å². The van der Waals surface area contributed by atoms with Crippen molar-refractivity contribution in [2.75, 3.05) is 23.7 Å². The number of allylic oxidation sites excluding steroid dienone is 1. The summed E-state index contributed by atoms with van der Waals surface area (Å²) in [5, 5.41) is 11.7. The van der Waals surface area contributed by atoms with Crippen LogP contribution in [0.1, 0.15) is 67.4 Å². The molecule has 2 heterocycles. The van der Waals surface area contributed by atoms with Gasteiger partial charge in [0, 0.05) is 23.7 Å². The van der Waals surface area contributed by atoms with Crippen LogP contribution < -0.4 is 14.4 Å². The van der Waals surface area contributed by atoms with Crippen LogP contribution in [0.25, 0.3) is 0 Å². The first-order valence-electron chi connectivity index (χ1n) is 14.2. The Morgan fingerprint density at radius 2 is 1.93 bits per heavy atom. The third-order valence-corrected chi connectivity index (χ3v) is 10.3. The van der Waals surface area contributed by atoms with Gasteiger partial charge in [-0.3, -0.25) is 4.79 Å². The predicted molar refractivity (Wildman–Crippen MR) is 158 cm³/mol. The van der Waals surface area contributed by atoms with Crippen molar-refractivity contribution in [3.8, 4) is 5.75 Å². The molecule has 2 N–H and O–H groups in total. The van der Waals surface area contributed by atoms with E-state index in [4.69, 9.17) is 16.3 Å². The molecule has 1 saturated carbocycles. The lowest BCUT2D eigenvalue weighted by Gasteiger charge is -2.42. The maximum Gasteiger partial charge on any atom is 0.264 e. The minimum absolute atomic E-state index is 0.136. The number of rotatable bonds is 0. The van der Waals surface area contributed by atoms with E-state index in [1.54, 1.807) is 18.2 Å². The number of anilines is 1. The lowest BCUT2D eigenvalue weighted by atomic mass is 9.70. The van der Waals surface area contributed by atoms with E-state index in [0.717, 1.165) is 56.4 Å². The molecule has 1 amide bonds. The highest BCUT2D eigenvalue weighted by Gasteiger charge is 2.37. The van der Waals surface area contributed by atoms with Crippen LogP contribution in [0.15, 0.2) is 48.6 Å². The Bertz CT molecular complexity index is 1390. The molecule has 0 spiro atoms. The number of nitrogens with one attached hydrogen (secondary N) is 1. The maximum absolute atomic E-state index is 13.2. The molecule has 3 atom stereocenters. The molecule has 2 aliphatic heterocycles. The second-order valence-corrected chi connectivity index (χ2v) is 14.4. The first kappa shape index (κ1) is 29.0. The van der Waals surface area contributed by atoms with E-state index in [-0.39, 0.29) is 17.2 Å². The van der Waals surface area contributed by atoms with Crippen molar-refractivity contribution >= 4 is 33.2 Å². The summed E-state index contributed by atoms with van der Waals surface area (Å²) in [6.07, 6.45) is 8.35. The number of benzene rings is 2. The van der Waals surface area contributed by atoms with E-state index < -0.39 is 27.4 Å². The number of aryl methyl sites for hydroxylation is 1. The Morgan fingerprint density at radius 1 is 1.10 bits per heavy atom. The Labute approximate surface area is 242 Å². The second-order valence-electron chi connectivity index (χ2n) is 12.3.